The fraction of sp³-hybridized carbons (Fsp3) is 0.286. The first-order valence-electron chi connectivity index (χ1n) is 4.23. The van der Waals surface area contributed by atoms with E-state index < -0.39 is 5.76 Å². The van der Waals surface area contributed by atoms with Crippen molar-refractivity contribution in [3.63, 3.8) is 0 Å². The lowest BCUT2D eigenvalue weighted by Gasteiger charge is -1.96. The summed E-state index contributed by atoms with van der Waals surface area (Å²) in [4.78, 5) is 21.9. The van der Waals surface area contributed by atoms with Crippen LogP contribution in [-0.2, 0) is 11.8 Å². The molecule has 0 atom stereocenters. The molecular formula is C7H7N5O4. The van der Waals surface area contributed by atoms with Crippen molar-refractivity contribution < 1.29 is 13.9 Å². The minimum Gasteiger partial charge on any atom is -0.306 e. The number of nitrogens with one attached hydrogen (secondary N) is 1. The molecule has 0 saturated heterocycles. The predicted octanol–water partition coefficient (Wildman–Crippen LogP) is -0.618. The normalized spacial score (nSPS) is 10.4. The summed E-state index contributed by atoms with van der Waals surface area (Å²) in [5.41, 5.74) is 0.128. The van der Waals surface area contributed by atoms with Crippen LogP contribution < -0.4 is 11.1 Å². The molecule has 2 aromatic rings. The van der Waals surface area contributed by atoms with E-state index in [0.717, 1.165) is 4.57 Å². The molecule has 0 aliphatic heterocycles. The second-order valence-corrected chi connectivity index (χ2v) is 2.97. The molecule has 0 unspecified atom stereocenters. The summed E-state index contributed by atoms with van der Waals surface area (Å²) in [7, 11) is 1.44. The Morgan fingerprint density at radius 1 is 1.38 bits per heavy atom. The van der Waals surface area contributed by atoms with Crippen LogP contribution in [0.1, 0.15) is 6.92 Å². The van der Waals surface area contributed by atoms with Crippen LogP contribution in [-0.4, -0.2) is 25.9 Å². The number of hydrogen-bond donors (Lipinski definition) is 1. The van der Waals surface area contributed by atoms with Gasteiger partial charge in [-0.3, -0.25) is 13.9 Å². The molecule has 0 aliphatic carbocycles. The standard InChI is InChI=1S/C7H7N5O4/c1-3(13)8-5-4(9-16-10-5)6-11-15-7(14)12(6)2/h1-2H3,(H,8,10,13). The Morgan fingerprint density at radius 3 is 2.69 bits per heavy atom. The van der Waals surface area contributed by atoms with Crippen LogP contribution in [0.4, 0.5) is 5.82 Å². The summed E-state index contributed by atoms with van der Waals surface area (Å²) >= 11 is 0. The molecule has 2 aromatic heterocycles. The molecule has 84 valence electrons. The first-order valence-corrected chi connectivity index (χ1v) is 4.23. The van der Waals surface area contributed by atoms with Gasteiger partial charge < -0.3 is 5.32 Å². The monoisotopic (exact) mass is 225 g/mol. The van der Waals surface area contributed by atoms with E-state index in [9.17, 15) is 9.59 Å². The van der Waals surface area contributed by atoms with E-state index in [2.05, 4.69) is 29.9 Å². The molecule has 0 spiro atoms. The Bertz CT molecular complexity index is 580. The van der Waals surface area contributed by atoms with Gasteiger partial charge in [0.25, 0.3) is 0 Å². The molecule has 2 rings (SSSR count). The van der Waals surface area contributed by atoms with Gasteiger partial charge in [-0.1, -0.05) is 5.16 Å². The lowest BCUT2D eigenvalue weighted by molar-refractivity contribution is -0.114. The van der Waals surface area contributed by atoms with Gasteiger partial charge in [-0.25, -0.2) is 9.42 Å². The highest BCUT2D eigenvalue weighted by Crippen LogP contribution is 2.20. The molecule has 0 saturated carbocycles. The summed E-state index contributed by atoms with van der Waals surface area (Å²) in [6, 6.07) is 0. The van der Waals surface area contributed by atoms with Gasteiger partial charge in [0.1, 0.15) is 0 Å². The Morgan fingerprint density at radius 2 is 2.12 bits per heavy atom. The molecule has 0 aliphatic rings. The van der Waals surface area contributed by atoms with Crippen LogP contribution >= 0.6 is 0 Å². The molecule has 16 heavy (non-hydrogen) atoms. The zero-order valence-corrected chi connectivity index (χ0v) is 8.42. The summed E-state index contributed by atoms with van der Waals surface area (Å²) in [6.07, 6.45) is 0. The summed E-state index contributed by atoms with van der Waals surface area (Å²) in [6.45, 7) is 1.31. The first kappa shape index (κ1) is 10.1. The molecule has 9 nitrogen and oxygen atoms in total. The second-order valence-electron chi connectivity index (χ2n) is 2.97. The third-order valence-electron chi connectivity index (χ3n) is 1.80. The largest absolute Gasteiger partial charge is 0.441 e. The average molecular weight is 225 g/mol. The third kappa shape index (κ3) is 1.58. The molecular weight excluding hydrogens is 218 g/mol. The van der Waals surface area contributed by atoms with E-state index in [4.69, 9.17) is 0 Å². The van der Waals surface area contributed by atoms with Crippen LogP contribution in [0.2, 0.25) is 0 Å². The predicted molar refractivity (Wildman–Crippen MR) is 49.3 cm³/mol. The van der Waals surface area contributed by atoms with Crippen LogP contribution in [0, 0.1) is 0 Å². The summed E-state index contributed by atoms with van der Waals surface area (Å²) in [5.74, 6) is -0.788. The highest BCUT2D eigenvalue weighted by molar-refractivity contribution is 5.90. The zero-order valence-electron chi connectivity index (χ0n) is 8.42. The van der Waals surface area contributed by atoms with E-state index in [1.807, 2.05) is 0 Å². The first-order chi connectivity index (χ1) is 7.59. The topological polar surface area (TPSA) is 116 Å². The second kappa shape index (κ2) is 3.61. The number of rotatable bonds is 2. The van der Waals surface area contributed by atoms with Gasteiger partial charge in [-0.2, -0.15) is 0 Å². The van der Waals surface area contributed by atoms with Crippen molar-refractivity contribution in [1.82, 2.24) is 20.0 Å². The van der Waals surface area contributed by atoms with Gasteiger partial charge in [0, 0.05) is 14.0 Å². The lowest BCUT2D eigenvalue weighted by Crippen LogP contribution is -2.12. The Labute approximate surface area is 88.0 Å². The molecule has 9 heteroatoms. The molecule has 1 N–H and O–H groups in total. The van der Waals surface area contributed by atoms with E-state index in [1.165, 1.54) is 14.0 Å². The molecule has 0 radical (unpaired) electrons. The maximum Gasteiger partial charge on any atom is 0.441 e. The average Bonchev–Trinajstić information content (AvgIpc) is 2.76. The fourth-order valence-corrected chi connectivity index (χ4v) is 1.08. The Hall–Kier alpha value is -2.45. The third-order valence-corrected chi connectivity index (χ3v) is 1.80. The van der Waals surface area contributed by atoms with Crippen molar-refractivity contribution in [2.75, 3.05) is 5.32 Å². The SMILES string of the molecule is CC(=O)Nc1nonc1-c1noc(=O)n1C. The van der Waals surface area contributed by atoms with Crippen molar-refractivity contribution in [1.29, 1.82) is 0 Å². The zero-order chi connectivity index (χ0) is 11.7. The Balaban J connectivity index is 2.48. The van der Waals surface area contributed by atoms with Crippen molar-refractivity contribution in [3.05, 3.63) is 10.6 Å². The quantitative estimate of drug-likeness (QED) is 0.723. The fourth-order valence-electron chi connectivity index (χ4n) is 1.08. The van der Waals surface area contributed by atoms with Gasteiger partial charge in [-0.15, -0.1) is 0 Å². The highest BCUT2D eigenvalue weighted by atomic mass is 16.6. The molecule has 0 fully saturated rings. The number of nitrogens with zero attached hydrogens (tertiary/aromatic N) is 4. The van der Waals surface area contributed by atoms with E-state index in [-0.39, 0.29) is 23.2 Å². The number of anilines is 1. The number of amides is 1. The van der Waals surface area contributed by atoms with Crippen molar-refractivity contribution in [2.24, 2.45) is 7.05 Å². The van der Waals surface area contributed by atoms with Crippen LogP contribution in [0.25, 0.3) is 11.5 Å². The van der Waals surface area contributed by atoms with Gasteiger partial charge >= 0.3 is 5.76 Å². The number of aromatic nitrogens is 4. The van der Waals surface area contributed by atoms with Crippen LogP contribution in [0.5, 0.6) is 0 Å². The highest BCUT2D eigenvalue weighted by Gasteiger charge is 2.20. The van der Waals surface area contributed by atoms with Crippen molar-refractivity contribution >= 4 is 11.7 Å². The molecule has 0 aromatic carbocycles. The molecule has 1 amide bonds. The number of hydrogen-bond acceptors (Lipinski definition) is 7. The maximum atomic E-state index is 11.0. The van der Waals surface area contributed by atoms with Gasteiger partial charge in [0.05, 0.1) is 0 Å². The smallest absolute Gasteiger partial charge is 0.306 e. The lowest BCUT2D eigenvalue weighted by atomic mass is 10.4. The minimum atomic E-state index is -0.647. The van der Waals surface area contributed by atoms with E-state index >= 15 is 0 Å². The summed E-state index contributed by atoms with van der Waals surface area (Å²) < 4.78 is 9.98. The number of carbonyl (C=O) groups excluding carboxylic acids is 1. The van der Waals surface area contributed by atoms with Crippen molar-refractivity contribution in [2.45, 2.75) is 6.92 Å². The minimum absolute atomic E-state index is 0.0800. The van der Waals surface area contributed by atoms with E-state index in [1.54, 1.807) is 0 Å². The molecule has 0 bridgehead atoms. The maximum absolute atomic E-state index is 11.0. The number of carbonyl (C=O) groups is 1. The van der Waals surface area contributed by atoms with Gasteiger partial charge in [-0.05, 0) is 10.3 Å². The molecule has 2 heterocycles. The van der Waals surface area contributed by atoms with Gasteiger partial charge in [0.15, 0.2) is 5.69 Å². The Kier molecular flexibility index (Phi) is 2.27. The van der Waals surface area contributed by atoms with Crippen LogP contribution in [0.3, 0.4) is 0 Å². The summed E-state index contributed by atoms with van der Waals surface area (Å²) in [5, 5.41) is 12.9. The van der Waals surface area contributed by atoms with Crippen LogP contribution in [0.15, 0.2) is 13.9 Å². The van der Waals surface area contributed by atoms with E-state index in [0.29, 0.717) is 0 Å². The van der Waals surface area contributed by atoms with Gasteiger partial charge in [0.2, 0.25) is 17.5 Å². The van der Waals surface area contributed by atoms with Crippen molar-refractivity contribution in [3.8, 4) is 11.5 Å².